The molecule has 1 aromatic rings. The van der Waals surface area contributed by atoms with Crippen molar-refractivity contribution in [2.24, 2.45) is 13.0 Å². The van der Waals surface area contributed by atoms with Gasteiger partial charge >= 0.3 is 0 Å². The van der Waals surface area contributed by atoms with Gasteiger partial charge in [-0.05, 0) is 18.9 Å². The van der Waals surface area contributed by atoms with Crippen LogP contribution >= 0.6 is 11.6 Å². The van der Waals surface area contributed by atoms with E-state index < -0.39 is 0 Å². The molecule has 0 bridgehead atoms. The van der Waals surface area contributed by atoms with Gasteiger partial charge in [-0.15, -0.1) is 16.7 Å². The van der Waals surface area contributed by atoms with E-state index in [4.69, 9.17) is 11.6 Å². The second-order valence-corrected chi connectivity index (χ2v) is 3.98. The van der Waals surface area contributed by atoms with Gasteiger partial charge in [0.05, 0.1) is 5.69 Å². The molecule has 0 aliphatic carbocycles. The molecule has 1 heterocycles. The predicted octanol–water partition coefficient (Wildman–Crippen LogP) is 1.17. The lowest BCUT2D eigenvalue weighted by molar-refractivity contribution is 0.499. The number of aryl methyl sites for hydroxylation is 1. The van der Waals surface area contributed by atoms with Crippen LogP contribution in [0, 0.1) is 5.92 Å². The molecule has 0 aromatic carbocycles. The highest BCUT2D eigenvalue weighted by atomic mass is 35.5. The summed E-state index contributed by atoms with van der Waals surface area (Å²) in [6, 6.07) is 0. The minimum Gasteiger partial charge on any atom is -0.311 e. The number of hydrogen-bond acceptors (Lipinski definition) is 3. The smallest absolute Gasteiger partial charge is 0.0964 e. The molecule has 14 heavy (non-hydrogen) atoms. The number of nitrogens with one attached hydrogen (secondary N) is 1. The highest BCUT2D eigenvalue weighted by Gasteiger charge is 2.01. The first-order valence-electron chi connectivity index (χ1n) is 4.84. The molecule has 0 saturated heterocycles. The normalized spacial score (nSPS) is 13.1. The second kappa shape index (κ2) is 5.98. The SMILES string of the molecule is CC(CCCl)CNCc1cn(C)nn1. The van der Waals surface area contributed by atoms with Crippen LogP contribution in [0.25, 0.3) is 0 Å². The predicted molar refractivity (Wildman–Crippen MR) is 57.2 cm³/mol. The van der Waals surface area contributed by atoms with E-state index in [1.807, 2.05) is 13.2 Å². The van der Waals surface area contributed by atoms with Crippen molar-refractivity contribution in [2.75, 3.05) is 12.4 Å². The van der Waals surface area contributed by atoms with E-state index in [9.17, 15) is 0 Å². The fraction of sp³-hybridized carbons (Fsp3) is 0.778. The van der Waals surface area contributed by atoms with E-state index in [0.29, 0.717) is 5.92 Å². The van der Waals surface area contributed by atoms with Gasteiger partial charge in [-0.25, -0.2) is 0 Å². The number of rotatable bonds is 6. The first-order valence-corrected chi connectivity index (χ1v) is 5.37. The van der Waals surface area contributed by atoms with E-state index in [0.717, 1.165) is 31.1 Å². The minimum atomic E-state index is 0.615. The number of aromatic nitrogens is 3. The average molecular weight is 217 g/mol. The average Bonchev–Trinajstić information content (AvgIpc) is 2.52. The quantitative estimate of drug-likeness (QED) is 0.726. The van der Waals surface area contributed by atoms with Crippen LogP contribution < -0.4 is 5.32 Å². The van der Waals surface area contributed by atoms with Crippen molar-refractivity contribution in [1.29, 1.82) is 0 Å². The molecule has 1 rings (SSSR count). The largest absolute Gasteiger partial charge is 0.311 e. The first-order chi connectivity index (χ1) is 6.72. The molecule has 0 aliphatic heterocycles. The van der Waals surface area contributed by atoms with Gasteiger partial charge in [0.2, 0.25) is 0 Å². The molecule has 1 atom stereocenters. The van der Waals surface area contributed by atoms with E-state index in [1.54, 1.807) is 4.68 Å². The molecule has 80 valence electrons. The van der Waals surface area contributed by atoms with Gasteiger partial charge < -0.3 is 5.32 Å². The monoisotopic (exact) mass is 216 g/mol. The number of alkyl halides is 1. The summed E-state index contributed by atoms with van der Waals surface area (Å²) in [5.74, 6) is 1.35. The second-order valence-electron chi connectivity index (χ2n) is 3.60. The van der Waals surface area contributed by atoms with Crippen molar-refractivity contribution in [3.8, 4) is 0 Å². The lowest BCUT2D eigenvalue weighted by Crippen LogP contribution is -2.21. The molecular weight excluding hydrogens is 200 g/mol. The Hall–Kier alpha value is -0.610. The molecule has 0 spiro atoms. The molecule has 4 nitrogen and oxygen atoms in total. The van der Waals surface area contributed by atoms with E-state index >= 15 is 0 Å². The Morgan fingerprint density at radius 3 is 3.00 bits per heavy atom. The summed E-state index contributed by atoms with van der Waals surface area (Å²) < 4.78 is 1.71. The van der Waals surface area contributed by atoms with Crippen LogP contribution in [0.5, 0.6) is 0 Å². The Kier molecular flexibility index (Phi) is 4.90. The maximum Gasteiger partial charge on any atom is 0.0964 e. The molecule has 0 aliphatic rings. The number of hydrogen-bond donors (Lipinski definition) is 1. The minimum absolute atomic E-state index is 0.615. The lowest BCUT2D eigenvalue weighted by Gasteiger charge is -2.09. The van der Waals surface area contributed by atoms with Crippen LogP contribution in [0.3, 0.4) is 0 Å². The van der Waals surface area contributed by atoms with Crippen molar-refractivity contribution < 1.29 is 0 Å². The zero-order valence-electron chi connectivity index (χ0n) is 8.70. The molecule has 0 amide bonds. The van der Waals surface area contributed by atoms with Crippen molar-refractivity contribution in [3.05, 3.63) is 11.9 Å². The Labute approximate surface area is 89.6 Å². The Balaban J connectivity index is 2.15. The first kappa shape index (κ1) is 11.5. The standard InChI is InChI=1S/C9H17ClN4/c1-8(3-4-10)5-11-6-9-7-14(2)13-12-9/h7-8,11H,3-6H2,1-2H3. The van der Waals surface area contributed by atoms with E-state index in [1.165, 1.54) is 0 Å². The maximum absolute atomic E-state index is 5.64. The highest BCUT2D eigenvalue weighted by Crippen LogP contribution is 2.01. The maximum atomic E-state index is 5.64. The van der Waals surface area contributed by atoms with Gasteiger partial charge in [0.15, 0.2) is 0 Å². The van der Waals surface area contributed by atoms with E-state index in [-0.39, 0.29) is 0 Å². The van der Waals surface area contributed by atoms with Crippen LogP contribution in [0.2, 0.25) is 0 Å². The van der Waals surface area contributed by atoms with Crippen molar-refractivity contribution in [3.63, 3.8) is 0 Å². The lowest BCUT2D eigenvalue weighted by atomic mass is 10.1. The third-order valence-electron chi connectivity index (χ3n) is 2.05. The van der Waals surface area contributed by atoms with Crippen molar-refractivity contribution >= 4 is 11.6 Å². The van der Waals surface area contributed by atoms with Gasteiger partial charge in [-0.3, -0.25) is 4.68 Å². The Morgan fingerprint density at radius 1 is 1.64 bits per heavy atom. The summed E-state index contributed by atoms with van der Waals surface area (Å²) >= 11 is 5.64. The molecule has 1 unspecified atom stereocenters. The summed E-state index contributed by atoms with van der Waals surface area (Å²) in [6.45, 7) is 3.94. The molecule has 0 fully saturated rings. The van der Waals surface area contributed by atoms with Gasteiger partial charge in [0.25, 0.3) is 0 Å². The fourth-order valence-electron chi connectivity index (χ4n) is 1.21. The van der Waals surface area contributed by atoms with Crippen molar-refractivity contribution in [1.82, 2.24) is 20.3 Å². The van der Waals surface area contributed by atoms with Crippen LogP contribution in [-0.4, -0.2) is 27.4 Å². The molecule has 0 radical (unpaired) electrons. The topological polar surface area (TPSA) is 42.7 Å². The van der Waals surface area contributed by atoms with Crippen LogP contribution in [0.4, 0.5) is 0 Å². The molecule has 0 saturated carbocycles. The van der Waals surface area contributed by atoms with Gasteiger partial charge in [-0.1, -0.05) is 12.1 Å². The highest BCUT2D eigenvalue weighted by molar-refractivity contribution is 6.17. The summed E-state index contributed by atoms with van der Waals surface area (Å²) in [6.07, 6.45) is 2.97. The Morgan fingerprint density at radius 2 is 2.43 bits per heavy atom. The molecule has 1 N–H and O–H groups in total. The van der Waals surface area contributed by atoms with Gasteiger partial charge in [0.1, 0.15) is 0 Å². The fourth-order valence-corrected chi connectivity index (χ4v) is 1.58. The molecule has 5 heteroatoms. The summed E-state index contributed by atoms with van der Waals surface area (Å²) in [4.78, 5) is 0. The summed E-state index contributed by atoms with van der Waals surface area (Å²) in [5, 5.41) is 11.2. The number of nitrogens with zero attached hydrogens (tertiary/aromatic N) is 3. The van der Waals surface area contributed by atoms with Crippen LogP contribution in [0.1, 0.15) is 19.0 Å². The third kappa shape index (κ3) is 4.07. The summed E-state index contributed by atoms with van der Waals surface area (Å²) in [7, 11) is 1.87. The van der Waals surface area contributed by atoms with Crippen LogP contribution in [-0.2, 0) is 13.6 Å². The van der Waals surface area contributed by atoms with E-state index in [2.05, 4.69) is 22.6 Å². The molecular formula is C9H17ClN4. The van der Waals surface area contributed by atoms with Crippen molar-refractivity contribution in [2.45, 2.75) is 19.9 Å². The summed E-state index contributed by atoms with van der Waals surface area (Å²) in [5.41, 5.74) is 0.977. The molecule has 1 aromatic heterocycles. The zero-order valence-corrected chi connectivity index (χ0v) is 9.46. The van der Waals surface area contributed by atoms with Gasteiger partial charge in [0, 0.05) is 25.7 Å². The third-order valence-corrected chi connectivity index (χ3v) is 2.27. The van der Waals surface area contributed by atoms with Gasteiger partial charge in [-0.2, -0.15) is 0 Å². The number of halogens is 1. The Bertz CT molecular complexity index is 261. The zero-order chi connectivity index (χ0) is 10.4. The van der Waals surface area contributed by atoms with Crippen LogP contribution in [0.15, 0.2) is 6.20 Å².